The summed E-state index contributed by atoms with van der Waals surface area (Å²) in [4.78, 5) is 16.4. The summed E-state index contributed by atoms with van der Waals surface area (Å²) in [5, 5.41) is 10.3. The van der Waals surface area contributed by atoms with E-state index < -0.39 is 0 Å². The van der Waals surface area contributed by atoms with Crippen molar-refractivity contribution >= 4 is 38.3 Å². The Morgan fingerprint density at radius 3 is 2.90 bits per heavy atom. The van der Waals surface area contributed by atoms with Crippen LogP contribution in [0.4, 0.5) is 10.8 Å². The van der Waals surface area contributed by atoms with Crippen LogP contribution in [0.15, 0.2) is 18.2 Å². The Hall–Kier alpha value is -2.41. The fourth-order valence-electron chi connectivity index (χ4n) is 2.00. The van der Waals surface area contributed by atoms with Gasteiger partial charge >= 0.3 is 0 Å². The van der Waals surface area contributed by atoms with E-state index in [1.54, 1.807) is 18.2 Å². The lowest BCUT2D eigenvalue weighted by Gasteiger charge is -2.05. The van der Waals surface area contributed by atoms with Gasteiger partial charge in [0.1, 0.15) is 0 Å². The molecule has 0 aliphatic rings. The maximum absolute atomic E-state index is 12.3. The number of H-pyrrole nitrogens is 1. The fourth-order valence-corrected chi connectivity index (χ4v) is 2.78. The van der Waals surface area contributed by atoms with Crippen LogP contribution in [0.1, 0.15) is 21.7 Å². The van der Waals surface area contributed by atoms with Gasteiger partial charge in [0, 0.05) is 5.56 Å². The highest BCUT2D eigenvalue weighted by Gasteiger charge is 2.13. The highest BCUT2D eigenvalue weighted by atomic mass is 32.1. The van der Waals surface area contributed by atoms with Crippen LogP contribution in [0.2, 0.25) is 0 Å². The zero-order valence-electron chi connectivity index (χ0n) is 11.0. The molecule has 0 radical (unpaired) electrons. The van der Waals surface area contributed by atoms with E-state index in [1.165, 1.54) is 11.3 Å². The number of nitrogen functional groups attached to an aromatic ring is 1. The number of carbonyl (C=O) groups is 1. The first-order valence-electron chi connectivity index (χ1n) is 6.03. The molecule has 1 amide bonds. The van der Waals surface area contributed by atoms with E-state index in [9.17, 15) is 4.79 Å². The van der Waals surface area contributed by atoms with Gasteiger partial charge < -0.3 is 11.1 Å². The van der Waals surface area contributed by atoms with E-state index in [4.69, 9.17) is 5.73 Å². The van der Waals surface area contributed by atoms with Crippen molar-refractivity contribution in [3.05, 3.63) is 35.2 Å². The third-order valence-corrected chi connectivity index (χ3v) is 3.88. The van der Waals surface area contributed by atoms with E-state index in [2.05, 4.69) is 20.5 Å². The van der Waals surface area contributed by atoms with Crippen molar-refractivity contribution in [2.75, 3.05) is 11.1 Å². The van der Waals surface area contributed by atoms with Crippen molar-refractivity contribution in [1.29, 1.82) is 0 Å². The minimum absolute atomic E-state index is 0.175. The Bertz CT molecular complexity index is 785. The van der Waals surface area contributed by atoms with Crippen LogP contribution < -0.4 is 11.1 Å². The molecule has 102 valence electrons. The van der Waals surface area contributed by atoms with Crippen LogP contribution in [-0.4, -0.2) is 21.1 Å². The molecule has 4 N–H and O–H groups in total. The maximum atomic E-state index is 12.3. The smallest absolute Gasteiger partial charge is 0.255 e. The van der Waals surface area contributed by atoms with Gasteiger partial charge in [0.15, 0.2) is 5.13 Å². The molecule has 0 aliphatic heterocycles. The molecule has 0 atom stereocenters. The number of nitrogens with one attached hydrogen (secondary N) is 2. The molecule has 2 aromatic heterocycles. The number of hydrogen-bond acceptors (Lipinski definition) is 5. The summed E-state index contributed by atoms with van der Waals surface area (Å²) < 4.78 is 0.899. The van der Waals surface area contributed by atoms with Gasteiger partial charge in [-0.25, -0.2) is 4.98 Å². The normalized spacial score (nSPS) is 10.9. The first-order chi connectivity index (χ1) is 9.54. The zero-order valence-corrected chi connectivity index (χ0v) is 11.8. The summed E-state index contributed by atoms with van der Waals surface area (Å²) in [5.41, 5.74) is 9.35. The van der Waals surface area contributed by atoms with E-state index in [-0.39, 0.29) is 5.91 Å². The summed E-state index contributed by atoms with van der Waals surface area (Å²) in [6.45, 7) is 3.70. The highest BCUT2D eigenvalue weighted by Crippen LogP contribution is 2.25. The number of thiazole rings is 1. The SMILES string of the molecule is Cc1n[nH]c(C)c1NC(=O)c1ccc2nc(N)sc2c1. The predicted octanol–water partition coefficient (Wildman–Crippen LogP) is 2.47. The van der Waals surface area contributed by atoms with Crippen LogP contribution in [0.3, 0.4) is 0 Å². The van der Waals surface area contributed by atoms with Crippen molar-refractivity contribution in [2.45, 2.75) is 13.8 Å². The molecule has 6 nitrogen and oxygen atoms in total. The molecule has 1 aromatic carbocycles. The van der Waals surface area contributed by atoms with E-state index in [1.807, 2.05) is 13.8 Å². The molecule has 0 unspecified atom stereocenters. The molecular formula is C13H13N5OS. The van der Waals surface area contributed by atoms with Crippen LogP contribution >= 0.6 is 11.3 Å². The van der Waals surface area contributed by atoms with Crippen LogP contribution in [0, 0.1) is 13.8 Å². The molecule has 0 fully saturated rings. The summed E-state index contributed by atoms with van der Waals surface area (Å²) in [6.07, 6.45) is 0. The van der Waals surface area contributed by atoms with Gasteiger partial charge in [0.2, 0.25) is 0 Å². The number of anilines is 2. The molecule has 20 heavy (non-hydrogen) atoms. The van der Waals surface area contributed by atoms with Crippen molar-refractivity contribution in [2.24, 2.45) is 0 Å². The van der Waals surface area contributed by atoms with Crippen LogP contribution in [0.25, 0.3) is 10.2 Å². The maximum Gasteiger partial charge on any atom is 0.255 e. The third kappa shape index (κ3) is 2.12. The Kier molecular flexibility index (Phi) is 2.90. The Balaban J connectivity index is 1.92. The van der Waals surface area contributed by atoms with E-state index >= 15 is 0 Å². The molecule has 3 aromatic rings. The van der Waals surface area contributed by atoms with E-state index in [0.29, 0.717) is 10.7 Å². The standard InChI is InChI=1S/C13H13N5OS/c1-6-11(7(2)18-17-6)16-12(19)8-3-4-9-10(5-8)20-13(14)15-9/h3-5H,1-2H3,(H2,14,15)(H,16,19)(H,17,18). The number of hydrogen-bond donors (Lipinski definition) is 3. The number of nitrogens with two attached hydrogens (primary N) is 1. The Morgan fingerprint density at radius 2 is 2.20 bits per heavy atom. The summed E-state index contributed by atoms with van der Waals surface area (Å²) in [5.74, 6) is -0.175. The molecule has 0 saturated heterocycles. The number of rotatable bonds is 2. The van der Waals surface area contributed by atoms with Crippen molar-refractivity contribution in [3.63, 3.8) is 0 Å². The minimum atomic E-state index is -0.175. The molecule has 0 bridgehead atoms. The quantitative estimate of drug-likeness (QED) is 0.674. The number of benzene rings is 1. The highest BCUT2D eigenvalue weighted by molar-refractivity contribution is 7.22. The van der Waals surface area contributed by atoms with Gasteiger partial charge in [0.25, 0.3) is 5.91 Å². The first kappa shape index (κ1) is 12.6. The minimum Gasteiger partial charge on any atom is -0.375 e. The van der Waals surface area contributed by atoms with Crippen LogP contribution in [-0.2, 0) is 0 Å². The topological polar surface area (TPSA) is 96.7 Å². The van der Waals surface area contributed by atoms with Gasteiger partial charge in [-0.3, -0.25) is 9.89 Å². The van der Waals surface area contributed by atoms with Crippen molar-refractivity contribution < 1.29 is 4.79 Å². The number of aromatic amines is 1. The lowest BCUT2D eigenvalue weighted by Crippen LogP contribution is -2.12. The van der Waals surface area contributed by atoms with Gasteiger partial charge in [-0.2, -0.15) is 5.10 Å². The monoisotopic (exact) mass is 287 g/mol. The second-order valence-electron chi connectivity index (χ2n) is 4.50. The van der Waals surface area contributed by atoms with Crippen molar-refractivity contribution in [3.8, 4) is 0 Å². The fraction of sp³-hybridized carbons (Fsp3) is 0.154. The number of aryl methyl sites for hydroxylation is 2. The first-order valence-corrected chi connectivity index (χ1v) is 6.85. The Morgan fingerprint density at radius 1 is 1.40 bits per heavy atom. The molecular weight excluding hydrogens is 274 g/mol. The molecule has 3 rings (SSSR count). The van der Waals surface area contributed by atoms with Gasteiger partial charge in [0.05, 0.1) is 27.3 Å². The third-order valence-electron chi connectivity index (χ3n) is 3.03. The Labute approximate surface area is 119 Å². The summed E-state index contributed by atoms with van der Waals surface area (Å²) >= 11 is 1.37. The van der Waals surface area contributed by atoms with Gasteiger partial charge in [-0.1, -0.05) is 11.3 Å². The van der Waals surface area contributed by atoms with Crippen molar-refractivity contribution in [1.82, 2.24) is 15.2 Å². The second-order valence-corrected chi connectivity index (χ2v) is 5.56. The number of fused-ring (bicyclic) bond motifs is 1. The average Bonchev–Trinajstić information content (AvgIpc) is 2.93. The summed E-state index contributed by atoms with van der Waals surface area (Å²) in [6, 6.07) is 5.33. The lowest BCUT2D eigenvalue weighted by atomic mass is 10.2. The van der Waals surface area contributed by atoms with Gasteiger partial charge in [-0.15, -0.1) is 0 Å². The zero-order chi connectivity index (χ0) is 14.3. The molecule has 0 aliphatic carbocycles. The molecule has 2 heterocycles. The van der Waals surface area contributed by atoms with Crippen LogP contribution in [0.5, 0.6) is 0 Å². The number of aromatic nitrogens is 3. The second kappa shape index (κ2) is 4.61. The van der Waals surface area contributed by atoms with Gasteiger partial charge in [-0.05, 0) is 32.0 Å². The number of amides is 1. The molecule has 7 heteroatoms. The largest absolute Gasteiger partial charge is 0.375 e. The number of nitrogens with zero attached hydrogens (tertiary/aromatic N) is 2. The summed E-state index contributed by atoms with van der Waals surface area (Å²) in [7, 11) is 0. The number of carbonyl (C=O) groups excluding carboxylic acids is 1. The lowest BCUT2D eigenvalue weighted by molar-refractivity contribution is 0.102. The predicted molar refractivity (Wildman–Crippen MR) is 80.0 cm³/mol. The molecule has 0 saturated carbocycles. The molecule has 0 spiro atoms. The average molecular weight is 287 g/mol. The van der Waals surface area contributed by atoms with E-state index in [0.717, 1.165) is 27.3 Å².